The number of methoxy groups -OCH3 is 1. The molecule has 0 radical (unpaired) electrons. The van der Waals surface area contributed by atoms with E-state index < -0.39 is 34.1 Å². The second-order valence-corrected chi connectivity index (χ2v) is 9.70. The summed E-state index contributed by atoms with van der Waals surface area (Å²) in [4.78, 5) is 42.4. The summed E-state index contributed by atoms with van der Waals surface area (Å²) in [5, 5.41) is 4.06. The number of ether oxygens (including phenoxy) is 3. The number of nitrogens with zero attached hydrogens (tertiary/aromatic N) is 1. The molecule has 1 amide bonds. The number of halogens is 3. The minimum absolute atomic E-state index is 0.0827. The van der Waals surface area contributed by atoms with Crippen LogP contribution in [0, 0.1) is 0 Å². The van der Waals surface area contributed by atoms with Crippen LogP contribution in [0.5, 0.6) is 5.75 Å². The Morgan fingerprint density at radius 3 is 2.29 bits per heavy atom. The van der Waals surface area contributed by atoms with Gasteiger partial charge in [0, 0.05) is 6.54 Å². The molecule has 1 heterocycles. The fourth-order valence-electron chi connectivity index (χ4n) is 3.38. The maximum Gasteiger partial charge on any atom is 0.437 e. The smallest absolute Gasteiger partial charge is 0.437 e. The van der Waals surface area contributed by atoms with E-state index in [2.05, 4.69) is 10.1 Å². The number of piperidine rings is 1. The second-order valence-electron chi connectivity index (χ2n) is 7.53. The first kappa shape index (κ1) is 27.0. The second kappa shape index (κ2) is 12.4. The number of esters is 2. The molecule has 2 atom stereocenters. The molecule has 2 aromatic rings. The van der Waals surface area contributed by atoms with E-state index in [1.165, 1.54) is 31.4 Å². The van der Waals surface area contributed by atoms with Crippen LogP contribution in [-0.4, -0.2) is 52.8 Å². The molecule has 1 aliphatic heterocycles. The third kappa shape index (κ3) is 8.26. The predicted octanol–water partition coefficient (Wildman–Crippen LogP) is 4.40. The molecule has 188 valence electrons. The molecular weight excluding hydrogens is 523 g/mol. The summed E-state index contributed by atoms with van der Waals surface area (Å²) < 4.78 is 12.6. The zero-order valence-electron chi connectivity index (χ0n) is 18.6. The molecule has 0 saturated carbocycles. The average Bonchev–Trinajstić information content (AvgIpc) is 2.84. The Morgan fingerprint density at radius 2 is 1.71 bits per heavy atom. The van der Waals surface area contributed by atoms with Gasteiger partial charge in [-0.1, -0.05) is 30.3 Å². The Hall–Kier alpha value is -2.56. The number of amides is 1. The molecule has 3 rings (SSSR count). The van der Waals surface area contributed by atoms with Crippen LogP contribution in [0.3, 0.4) is 0 Å². The van der Waals surface area contributed by atoms with E-state index in [0.29, 0.717) is 18.4 Å². The van der Waals surface area contributed by atoms with Gasteiger partial charge in [-0.2, -0.15) is 5.06 Å². The number of hydrogen-bond donors (Lipinski definition) is 1. The Labute approximate surface area is 217 Å². The van der Waals surface area contributed by atoms with Crippen LogP contribution in [-0.2, 0) is 25.7 Å². The molecule has 0 unspecified atom stereocenters. The van der Waals surface area contributed by atoms with Crippen LogP contribution in [0.25, 0.3) is 0 Å². The van der Waals surface area contributed by atoms with Gasteiger partial charge in [0.1, 0.15) is 18.4 Å². The van der Waals surface area contributed by atoms with Crippen molar-refractivity contribution in [2.24, 2.45) is 0 Å². The van der Waals surface area contributed by atoms with Gasteiger partial charge in [0.25, 0.3) is 0 Å². The molecule has 0 spiro atoms. The Balaban J connectivity index is 1.58. The molecule has 0 aliphatic carbocycles. The summed E-state index contributed by atoms with van der Waals surface area (Å²) >= 11 is 16.8. The summed E-state index contributed by atoms with van der Waals surface area (Å²) in [6.07, 6.45) is -0.243. The van der Waals surface area contributed by atoms with Gasteiger partial charge in [0.05, 0.1) is 18.7 Å². The van der Waals surface area contributed by atoms with Crippen LogP contribution in [0.4, 0.5) is 4.79 Å². The van der Waals surface area contributed by atoms with Crippen molar-refractivity contribution in [1.29, 1.82) is 0 Å². The number of carbonyl (C=O) groups excluding carboxylic acids is 3. The Morgan fingerprint density at radius 1 is 1.03 bits per heavy atom. The van der Waals surface area contributed by atoms with Crippen molar-refractivity contribution >= 4 is 52.8 Å². The van der Waals surface area contributed by atoms with Crippen LogP contribution >= 0.6 is 34.8 Å². The molecule has 1 fully saturated rings. The summed E-state index contributed by atoms with van der Waals surface area (Å²) in [5.74, 6) is -0.712. The molecule has 1 aliphatic rings. The van der Waals surface area contributed by atoms with Crippen molar-refractivity contribution < 1.29 is 33.4 Å². The highest BCUT2D eigenvalue weighted by molar-refractivity contribution is 6.66. The SMILES string of the molecule is COC(=O)c1ccc(OC(=O)[C@@H]2CC[C@@H](N(OCc3ccccc3)C(=O)OC(Cl)(Cl)Cl)CN2)cc1. The van der Waals surface area contributed by atoms with Crippen LogP contribution in [0.1, 0.15) is 28.8 Å². The van der Waals surface area contributed by atoms with Crippen LogP contribution < -0.4 is 10.1 Å². The normalized spacial score (nSPS) is 17.8. The third-order valence-corrected chi connectivity index (χ3v) is 5.33. The third-order valence-electron chi connectivity index (χ3n) is 5.09. The van der Waals surface area contributed by atoms with Crippen molar-refractivity contribution in [3.63, 3.8) is 0 Å². The highest BCUT2D eigenvalue weighted by Crippen LogP contribution is 2.29. The van der Waals surface area contributed by atoms with Crippen LogP contribution in [0.2, 0.25) is 0 Å². The topological polar surface area (TPSA) is 103 Å². The van der Waals surface area contributed by atoms with Crippen molar-refractivity contribution in [1.82, 2.24) is 10.4 Å². The van der Waals surface area contributed by atoms with Gasteiger partial charge in [0.15, 0.2) is 0 Å². The summed E-state index contributed by atoms with van der Waals surface area (Å²) in [5.41, 5.74) is 1.16. The lowest BCUT2D eigenvalue weighted by Crippen LogP contribution is -2.54. The number of alkyl halides is 3. The fraction of sp³-hybridized carbons (Fsp3) is 0.348. The monoisotopic (exact) mass is 544 g/mol. The predicted molar refractivity (Wildman–Crippen MR) is 128 cm³/mol. The van der Waals surface area contributed by atoms with E-state index in [4.69, 9.17) is 49.1 Å². The molecular formula is C23H23Cl3N2O7. The first-order valence-corrected chi connectivity index (χ1v) is 11.7. The quantitative estimate of drug-likeness (QED) is 0.236. The fourth-order valence-corrected chi connectivity index (χ4v) is 3.57. The van der Waals surface area contributed by atoms with Gasteiger partial charge in [-0.05, 0) is 77.5 Å². The number of benzene rings is 2. The van der Waals surface area contributed by atoms with Crippen molar-refractivity contribution in [3.05, 3.63) is 65.7 Å². The van der Waals surface area contributed by atoms with E-state index in [-0.39, 0.29) is 18.9 Å². The number of hydroxylamine groups is 2. The highest BCUT2D eigenvalue weighted by atomic mass is 35.6. The zero-order chi connectivity index (χ0) is 25.4. The molecule has 35 heavy (non-hydrogen) atoms. The van der Waals surface area contributed by atoms with Gasteiger partial charge >= 0.3 is 22.0 Å². The van der Waals surface area contributed by atoms with Crippen molar-refractivity contribution in [2.45, 2.75) is 35.5 Å². The summed E-state index contributed by atoms with van der Waals surface area (Å²) in [6.45, 7) is 0.282. The first-order valence-electron chi connectivity index (χ1n) is 10.6. The minimum atomic E-state index is -2.26. The number of nitrogens with one attached hydrogen (secondary N) is 1. The molecule has 0 bridgehead atoms. The molecule has 12 heteroatoms. The van der Waals surface area contributed by atoms with E-state index in [1.807, 2.05) is 30.3 Å². The van der Waals surface area contributed by atoms with Gasteiger partial charge in [0.2, 0.25) is 0 Å². The molecule has 1 N–H and O–H groups in total. The Kier molecular flexibility index (Phi) is 9.59. The summed E-state index contributed by atoms with van der Waals surface area (Å²) in [6, 6.07) is 14.1. The van der Waals surface area contributed by atoms with Gasteiger partial charge in [-0.15, -0.1) is 0 Å². The van der Waals surface area contributed by atoms with E-state index in [1.54, 1.807) is 0 Å². The summed E-state index contributed by atoms with van der Waals surface area (Å²) in [7, 11) is 1.28. The van der Waals surface area contributed by atoms with Gasteiger partial charge in [-0.3, -0.25) is 4.84 Å². The van der Waals surface area contributed by atoms with Crippen molar-refractivity contribution in [3.8, 4) is 5.75 Å². The van der Waals surface area contributed by atoms with E-state index >= 15 is 0 Å². The average molecular weight is 546 g/mol. The minimum Gasteiger partial charge on any atom is -0.465 e. The maximum atomic E-state index is 12.6. The van der Waals surface area contributed by atoms with E-state index in [0.717, 1.165) is 10.6 Å². The van der Waals surface area contributed by atoms with Crippen molar-refractivity contribution in [2.75, 3.05) is 13.7 Å². The largest absolute Gasteiger partial charge is 0.465 e. The number of rotatable bonds is 7. The number of hydrogen-bond acceptors (Lipinski definition) is 8. The van der Waals surface area contributed by atoms with E-state index in [9.17, 15) is 14.4 Å². The molecule has 1 saturated heterocycles. The molecule has 0 aromatic heterocycles. The zero-order valence-corrected chi connectivity index (χ0v) is 20.9. The lowest BCUT2D eigenvalue weighted by Gasteiger charge is -2.35. The first-order chi connectivity index (χ1) is 16.7. The lowest BCUT2D eigenvalue weighted by molar-refractivity contribution is -0.176. The highest BCUT2D eigenvalue weighted by Gasteiger charge is 2.37. The van der Waals surface area contributed by atoms with Gasteiger partial charge in [-0.25, -0.2) is 14.4 Å². The molecule has 2 aromatic carbocycles. The Bertz CT molecular complexity index is 1010. The number of carbonyl (C=O) groups is 3. The standard InChI is InChI=1S/C23H23Cl3N2O7/c1-32-20(29)16-7-10-18(11-8-16)34-21(30)19-12-9-17(13-27-19)28(22(31)35-23(24,25)26)33-14-15-5-3-2-4-6-15/h2-8,10-11,17,19,27H,9,12-14H2,1H3/t17-,19+/m1/s1. The maximum absolute atomic E-state index is 12.6. The van der Waals surface area contributed by atoms with Crippen LogP contribution in [0.15, 0.2) is 54.6 Å². The van der Waals surface area contributed by atoms with Gasteiger partial charge < -0.3 is 19.5 Å². The lowest BCUT2D eigenvalue weighted by atomic mass is 10.0. The molecule has 9 nitrogen and oxygen atoms in total.